The molecule has 4 aliphatic rings. The zero-order valence-electron chi connectivity index (χ0n) is 20.0. The molecule has 0 aromatic carbocycles. The first-order chi connectivity index (χ1) is 13.6. The molecular weight excluding hydrogens is 356 g/mol. The van der Waals surface area contributed by atoms with Crippen LogP contribution in [-0.4, -0.2) is 23.9 Å². The van der Waals surface area contributed by atoms with Crippen LogP contribution in [0.4, 0.5) is 0 Å². The van der Waals surface area contributed by atoms with Crippen LogP contribution in [0.15, 0.2) is 11.6 Å². The van der Waals surface area contributed by atoms with Gasteiger partial charge in [-0.15, -0.1) is 0 Å². The van der Waals surface area contributed by atoms with Crippen molar-refractivity contribution in [2.75, 3.05) is 7.11 Å². The minimum Gasteiger partial charge on any atom is -0.390 e. The van der Waals surface area contributed by atoms with Crippen LogP contribution in [0.1, 0.15) is 98.8 Å². The van der Waals surface area contributed by atoms with E-state index in [9.17, 15) is 5.11 Å². The molecule has 2 nitrogen and oxygen atoms in total. The zero-order chi connectivity index (χ0) is 21.0. The largest absolute Gasteiger partial charge is 0.390 e. The average Bonchev–Trinajstić information content (AvgIpc) is 3.02. The minimum absolute atomic E-state index is 0.434. The molecule has 2 heteroatoms. The summed E-state index contributed by atoms with van der Waals surface area (Å²) >= 11 is 0. The Morgan fingerprint density at radius 1 is 1.14 bits per heavy atom. The molecule has 0 aromatic heterocycles. The van der Waals surface area contributed by atoms with Crippen molar-refractivity contribution in [3.8, 4) is 0 Å². The number of rotatable bonds is 5. The van der Waals surface area contributed by atoms with Crippen molar-refractivity contribution in [3.63, 3.8) is 0 Å². The molecule has 166 valence electrons. The van der Waals surface area contributed by atoms with E-state index >= 15 is 0 Å². The summed E-state index contributed by atoms with van der Waals surface area (Å²) < 4.78 is 5.74. The number of hydrogen-bond donors (Lipinski definition) is 1. The lowest BCUT2D eigenvalue weighted by Gasteiger charge is -2.58. The van der Waals surface area contributed by atoms with Gasteiger partial charge in [0.05, 0.1) is 11.7 Å². The number of ether oxygens (including phenoxy) is 1. The number of allylic oxidation sites excluding steroid dienone is 1. The summed E-state index contributed by atoms with van der Waals surface area (Å²) in [5, 5.41) is 10.2. The predicted octanol–water partition coefficient (Wildman–Crippen LogP) is 6.77. The van der Waals surface area contributed by atoms with Crippen LogP contribution in [0.5, 0.6) is 0 Å². The quantitative estimate of drug-likeness (QED) is 0.514. The molecule has 4 aliphatic carbocycles. The molecule has 0 aromatic rings. The Morgan fingerprint density at radius 3 is 2.59 bits per heavy atom. The van der Waals surface area contributed by atoms with Gasteiger partial charge in [0.25, 0.3) is 0 Å². The number of hydrogen-bond acceptors (Lipinski definition) is 2. The van der Waals surface area contributed by atoms with Crippen LogP contribution in [0.3, 0.4) is 0 Å². The molecule has 1 N–H and O–H groups in total. The van der Waals surface area contributed by atoms with Gasteiger partial charge in [0.1, 0.15) is 0 Å². The van der Waals surface area contributed by atoms with E-state index in [-0.39, 0.29) is 0 Å². The summed E-state index contributed by atoms with van der Waals surface area (Å²) in [6.45, 7) is 11.7. The maximum atomic E-state index is 10.2. The molecule has 0 amide bonds. The molecule has 29 heavy (non-hydrogen) atoms. The average molecular weight is 403 g/mol. The summed E-state index contributed by atoms with van der Waals surface area (Å²) in [6.07, 6.45) is 16.0. The van der Waals surface area contributed by atoms with Crippen LogP contribution >= 0.6 is 0 Å². The molecular formula is C27H46O2. The molecule has 2 unspecified atom stereocenters. The van der Waals surface area contributed by atoms with E-state index in [1.165, 1.54) is 57.8 Å². The second kappa shape index (κ2) is 7.66. The van der Waals surface area contributed by atoms with E-state index in [1.807, 2.05) is 21.0 Å². The maximum absolute atomic E-state index is 10.2. The van der Waals surface area contributed by atoms with Gasteiger partial charge < -0.3 is 9.84 Å². The fourth-order valence-electron chi connectivity index (χ4n) is 8.59. The van der Waals surface area contributed by atoms with Crippen LogP contribution in [0.25, 0.3) is 0 Å². The highest BCUT2D eigenvalue weighted by molar-refractivity contribution is 5.25. The Kier molecular flexibility index (Phi) is 5.78. The Balaban J connectivity index is 1.51. The van der Waals surface area contributed by atoms with E-state index in [1.54, 1.807) is 5.57 Å². The molecule has 8 atom stereocenters. The first-order valence-electron chi connectivity index (χ1n) is 12.5. The van der Waals surface area contributed by atoms with Gasteiger partial charge in [0.2, 0.25) is 0 Å². The fraction of sp³-hybridized carbons (Fsp3) is 0.926. The second-order valence-corrected chi connectivity index (χ2v) is 12.4. The zero-order valence-corrected chi connectivity index (χ0v) is 20.0. The van der Waals surface area contributed by atoms with Crippen molar-refractivity contribution in [1.82, 2.24) is 0 Å². The van der Waals surface area contributed by atoms with Gasteiger partial charge in [-0.05, 0) is 118 Å². The summed E-state index contributed by atoms with van der Waals surface area (Å²) in [5.74, 6) is 4.27. The van der Waals surface area contributed by atoms with Gasteiger partial charge in [-0.3, -0.25) is 0 Å². The first kappa shape index (κ1) is 21.9. The van der Waals surface area contributed by atoms with Gasteiger partial charge in [-0.2, -0.15) is 0 Å². The molecule has 0 radical (unpaired) electrons. The van der Waals surface area contributed by atoms with E-state index in [0.717, 1.165) is 36.0 Å². The summed E-state index contributed by atoms with van der Waals surface area (Å²) in [7, 11) is 1.89. The lowest BCUT2D eigenvalue weighted by molar-refractivity contribution is -0.0612. The fourth-order valence-corrected chi connectivity index (χ4v) is 8.59. The highest BCUT2D eigenvalue weighted by atomic mass is 16.5. The maximum Gasteiger partial charge on any atom is 0.0608 e. The topological polar surface area (TPSA) is 29.5 Å². The highest BCUT2D eigenvalue weighted by Gasteiger charge is 2.59. The van der Waals surface area contributed by atoms with Crippen molar-refractivity contribution >= 4 is 0 Å². The third-order valence-electron chi connectivity index (χ3n) is 10.4. The summed E-state index contributed by atoms with van der Waals surface area (Å²) in [6, 6.07) is 0. The van der Waals surface area contributed by atoms with Gasteiger partial charge in [-0.1, -0.05) is 32.4 Å². The van der Waals surface area contributed by atoms with E-state index in [2.05, 4.69) is 26.8 Å². The lowest BCUT2D eigenvalue weighted by Crippen LogP contribution is -2.51. The minimum atomic E-state index is -0.523. The van der Waals surface area contributed by atoms with Gasteiger partial charge in [0.15, 0.2) is 0 Å². The molecule has 0 aliphatic heterocycles. The molecule has 4 rings (SSSR count). The molecule has 0 spiro atoms. The van der Waals surface area contributed by atoms with Gasteiger partial charge in [-0.25, -0.2) is 0 Å². The number of aliphatic hydroxyl groups is 1. The Hall–Kier alpha value is -0.340. The van der Waals surface area contributed by atoms with Crippen LogP contribution in [0.2, 0.25) is 0 Å². The predicted molar refractivity (Wildman–Crippen MR) is 121 cm³/mol. The Labute approximate surface area is 179 Å². The third kappa shape index (κ3) is 3.75. The van der Waals surface area contributed by atoms with E-state index in [0.29, 0.717) is 16.9 Å². The van der Waals surface area contributed by atoms with Crippen molar-refractivity contribution < 1.29 is 9.84 Å². The molecule has 0 bridgehead atoms. The summed E-state index contributed by atoms with van der Waals surface area (Å²) in [4.78, 5) is 0. The van der Waals surface area contributed by atoms with Crippen molar-refractivity contribution in [1.29, 1.82) is 0 Å². The number of fused-ring (bicyclic) bond motifs is 5. The molecule has 3 fully saturated rings. The van der Waals surface area contributed by atoms with E-state index < -0.39 is 5.60 Å². The lowest BCUT2D eigenvalue weighted by atomic mass is 9.47. The highest BCUT2D eigenvalue weighted by Crippen LogP contribution is 2.67. The van der Waals surface area contributed by atoms with Crippen molar-refractivity contribution in [2.24, 2.45) is 40.4 Å². The second-order valence-electron chi connectivity index (χ2n) is 12.4. The smallest absolute Gasteiger partial charge is 0.0608 e. The first-order valence-corrected chi connectivity index (χ1v) is 12.5. The Morgan fingerprint density at radius 2 is 1.90 bits per heavy atom. The van der Waals surface area contributed by atoms with Crippen LogP contribution in [-0.2, 0) is 4.74 Å². The SMILES string of the molecule is CO[C@H]1CC[C@@]2(C)C(=CC[C@@H]3C2CC[C@]2(C)C([C@H](C)CCC(C)(C)O)CC[C@@H]32)C1. The van der Waals surface area contributed by atoms with E-state index in [4.69, 9.17) is 4.74 Å². The van der Waals surface area contributed by atoms with Gasteiger partial charge in [0, 0.05) is 7.11 Å². The summed E-state index contributed by atoms with van der Waals surface area (Å²) in [5.41, 5.74) is 2.16. The van der Waals surface area contributed by atoms with Crippen molar-refractivity contribution in [2.45, 2.75) is 111 Å². The third-order valence-corrected chi connectivity index (χ3v) is 10.4. The standard InChI is InChI=1S/C27H46O2/c1-18(11-14-25(2,3)28)22-9-10-23-21-8-7-19-17-20(29-6)12-15-26(19,4)24(21)13-16-27(22,23)5/h7,18,20-24,28H,8-17H2,1-6H3/t18-,20+,21+,22?,23+,24?,26+,27-/m1/s1. The Bertz CT molecular complexity index is 631. The monoisotopic (exact) mass is 402 g/mol. The van der Waals surface area contributed by atoms with Crippen LogP contribution < -0.4 is 0 Å². The normalized spacial score (nSPS) is 45.8. The molecule has 0 saturated heterocycles. The van der Waals surface area contributed by atoms with Crippen molar-refractivity contribution in [3.05, 3.63) is 11.6 Å². The van der Waals surface area contributed by atoms with Crippen LogP contribution in [0, 0.1) is 40.4 Å². The molecule has 0 heterocycles. The molecule has 3 saturated carbocycles. The van der Waals surface area contributed by atoms with Gasteiger partial charge >= 0.3 is 0 Å². The number of methoxy groups -OCH3 is 1.